The highest BCUT2D eigenvalue weighted by atomic mass is 16.5. The van der Waals surface area contributed by atoms with E-state index in [1.807, 2.05) is 0 Å². The van der Waals surface area contributed by atoms with Crippen LogP contribution in [0.5, 0.6) is 0 Å². The first-order valence-corrected chi connectivity index (χ1v) is 6.40. The monoisotopic (exact) mass is 266 g/mol. The summed E-state index contributed by atoms with van der Waals surface area (Å²) >= 11 is 0. The average Bonchev–Trinajstić information content (AvgIpc) is 3.11. The van der Waals surface area contributed by atoms with E-state index in [9.17, 15) is 9.59 Å². The fourth-order valence-electron chi connectivity index (χ4n) is 2.19. The molecule has 1 saturated carbocycles. The zero-order valence-corrected chi connectivity index (χ0v) is 11.1. The van der Waals surface area contributed by atoms with Gasteiger partial charge >= 0.3 is 5.97 Å². The van der Waals surface area contributed by atoms with E-state index in [0.717, 1.165) is 18.4 Å². The van der Waals surface area contributed by atoms with Crippen molar-refractivity contribution >= 4 is 11.9 Å². The van der Waals surface area contributed by atoms with Crippen LogP contribution in [-0.4, -0.2) is 28.2 Å². The fourth-order valence-corrected chi connectivity index (χ4v) is 2.19. The largest absolute Gasteiger partial charge is 0.481 e. The molecule has 1 amide bonds. The second kappa shape index (κ2) is 5.42. The van der Waals surface area contributed by atoms with Crippen LogP contribution in [0, 0.1) is 19.8 Å². The molecule has 1 aliphatic carbocycles. The molecule has 6 heteroatoms. The number of aromatic nitrogens is 1. The quantitative estimate of drug-likeness (QED) is 0.807. The second-order valence-electron chi connectivity index (χ2n) is 5.09. The highest BCUT2D eigenvalue weighted by molar-refractivity contribution is 5.80. The minimum absolute atomic E-state index is 0.0159. The van der Waals surface area contributed by atoms with Crippen LogP contribution in [0.15, 0.2) is 4.52 Å². The smallest absolute Gasteiger partial charge is 0.305 e. The Kier molecular flexibility index (Phi) is 3.87. The number of carbonyl (C=O) groups excluding carboxylic acids is 1. The van der Waals surface area contributed by atoms with Crippen molar-refractivity contribution in [2.75, 3.05) is 0 Å². The van der Waals surface area contributed by atoms with Crippen molar-refractivity contribution in [3.8, 4) is 0 Å². The molecule has 0 saturated heterocycles. The number of hydrogen-bond donors (Lipinski definition) is 2. The zero-order chi connectivity index (χ0) is 14.0. The summed E-state index contributed by atoms with van der Waals surface area (Å²) in [5, 5.41) is 15.5. The van der Waals surface area contributed by atoms with E-state index in [-0.39, 0.29) is 24.8 Å². The second-order valence-corrected chi connectivity index (χ2v) is 5.09. The molecule has 1 heterocycles. The molecule has 1 aromatic rings. The summed E-state index contributed by atoms with van der Waals surface area (Å²) in [6.45, 7) is 3.55. The molecule has 0 spiro atoms. The molecule has 1 aliphatic rings. The van der Waals surface area contributed by atoms with E-state index in [1.54, 1.807) is 13.8 Å². The molecule has 0 bridgehead atoms. The summed E-state index contributed by atoms with van der Waals surface area (Å²) in [6.07, 6.45) is 2.15. The highest BCUT2D eigenvalue weighted by Crippen LogP contribution is 2.34. The van der Waals surface area contributed by atoms with Gasteiger partial charge in [-0.2, -0.15) is 0 Å². The van der Waals surface area contributed by atoms with Gasteiger partial charge in [0.25, 0.3) is 0 Å². The Hall–Kier alpha value is -1.85. The number of carboxylic acids is 1. The van der Waals surface area contributed by atoms with Gasteiger partial charge < -0.3 is 14.9 Å². The van der Waals surface area contributed by atoms with Crippen LogP contribution >= 0.6 is 0 Å². The molecule has 6 nitrogen and oxygen atoms in total. The van der Waals surface area contributed by atoms with Crippen LogP contribution in [0.25, 0.3) is 0 Å². The van der Waals surface area contributed by atoms with Gasteiger partial charge in [-0.1, -0.05) is 5.16 Å². The van der Waals surface area contributed by atoms with Crippen LogP contribution in [0.4, 0.5) is 0 Å². The summed E-state index contributed by atoms with van der Waals surface area (Å²) in [4.78, 5) is 22.7. The van der Waals surface area contributed by atoms with E-state index in [1.165, 1.54) is 0 Å². The Morgan fingerprint density at radius 1 is 1.47 bits per heavy atom. The number of nitrogens with one attached hydrogen (secondary N) is 1. The number of aliphatic carboxylic acids is 1. The van der Waals surface area contributed by atoms with Crippen molar-refractivity contribution in [3.63, 3.8) is 0 Å². The van der Waals surface area contributed by atoms with Gasteiger partial charge in [0.15, 0.2) is 0 Å². The number of carbonyl (C=O) groups is 2. The van der Waals surface area contributed by atoms with Crippen molar-refractivity contribution in [1.29, 1.82) is 0 Å². The SMILES string of the molecule is Cc1noc(C)c1CC(=O)NC(CC(=O)O)C1CC1. The molecule has 104 valence electrons. The van der Waals surface area contributed by atoms with Gasteiger partial charge in [0, 0.05) is 11.6 Å². The van der Waals surface area contributed by atoms with Gasteiger partial charge in [-0.3, -0.25) is 9.59 Å². The minimum atomic E-state index is -0.880. The minimum Gasteiger partial charge on any atom is -0.481 e. The molecular weight excluding hydrogens is 248 g/mol. The molecule has 2 rings (SSSR count). The Bertz CT molecular complexity index is 471. The van der Waals surface area contributed by atoms with Crippen LogP contribution < -0.4 is 5.32 Å². The van der Waals surface area contributed by atoms with Gasteiger partial charge in [0.1, 0.15) is 5.76 Å². The van der Waals surface area contributed by atoms with Crippen LogP contribution in [0.3, 0.4) is 0 Å². The standard InChI is InChI=1S/C13H18N2O4/c1-7-10(8(2)19-15-7)5-12(16)14-11(6-13(17)18)9-3-4-9/h9,11H,3-6H2,1-2H3,(H,14,16)(H,17,18). The lowest BCUT2D eigenvalue weighted by Crippen LogP contribution is -2.39. The number of amides is 1. The molecule has 0 radical (unpaired) electrons. The van der Waals surface area contributed by atoms with Gasteiger partial charge in [-0.25, -0.2) is 0 Å². The molecular formula is C13H18N2O4. The average molecular weight is 266 g/mol. The van der Waals surface area contributed by atoms with Gasteiger partial charge in [-0.05, 0) is 32.6 Å². The Balaban J connectivity index is 1.94. The number of rotatable bonds is 6. The Labute approximate surface area is 111 Å². The van der Waals surface area contributed by atoms with Crippen molar-refractivity contribution in [1.82, 2.24) is 10.5 Å². The molecule has 1 unspecified atom stereocenters. The first-order valence-electron chi connectivity index (χ1n) is 6.40. The predicted octanol–water partition coefficient (Wildman–Crippen LogP) is 1.20. The maximum Gasteiger partial charge on any atom is 0.305 e. The van der Waals surface area contributed by atoms with Crippen molar-refractivity contribution < 1.29 is 19.2 Å². The first-order chi connectivity index (χ1) is 8.97. The molecule has 0 aliphatic heterocycles. The molecule has 1 aromatic heterocycles. The Morgan fingerprint density at radius 2 is 2.16 bits per heavy atom. The Morgan fingerprint density at radius 3 is 2.63 bits per heavy atom. The van der Waals surface area contributed by atoms with E-state index in [0.29, 0.717) is 17.4 Å². The zero-order valence-electron chi connectivity index (χ0n) is 11.1. The first kappa shape index (κ1) is 13.6. The number of nitrogens with zero attached hydrogens (tertiary/aromatic N) is 1. The molecule has 1 fully saturated rings. The highest BCUT2D eigenvalue weighted by Gasteiger charge is 2.33. The summed E-state index contributed by atoms with van der Waals surface area (Å²) in [5.74, 6) is -0.110. The van der Waals surface area contributed by atoms with E-state index >= 15 is 0 Å². The number of carboxylic acid groups (broad SMARTS) is 1. The van der Waals surface area contributed by atoms with Crippen molar-refractivity contribution in [2.45, 2.75) is 45.6 Å². The van der Waals surface area contributed by atoms with Gasteiger partial charge in [0.2, 0.25) is 5.91 Å². The lowest BCUT2D eigenvalue weighted by Gasteiger charge is -2.16. The maximum atomic E-state index is 12.0. The normalized spacial score (nSPS) is 16.1. The molecule has 2 N–H and O–H groups in total. The van der Waals surface area contributed by atoms with Crippen LogP contribution in [-0.2, 0) is 16.0 Å². The van der Waals surface area contributed by atoms with Crippen molar-refractivity contribution in [2.24, 2.45) is 5.92 Å². The van der Waals surface area contributed by atoms with Crippen LogP contribution in [0.2, 0.25) is 0 Å². The topological polar surface area (TPSA) is 92.4 Å². The number of hydrogen-bond acceptors (Lipinski definition) is 4. The predicted molar refractivity (Wildman–Crippen MR) is 66.6 cm³/mol. The van der Waals surface area contributed by atoms with E-state index in [2.05, 4.69) is 10.5 Å². The summed E-state index contributed by atoms with van der Waals surface area (Å²) in [7, 11) is 0. The summed E-state index contributed by atoms with van der Waals surface area (Å²) in [6, 6.07) is -0.259. The summed E-state index contributed by atoms with van der Waals surface area (Å²) < 4.78 is 5.00. The van der Waals surface area contributed by atoms with Crippen LogP contribution in [0.1, 0.15) is 36.3 Å². The summed E-state index contributed by atoms with van der Waals surface area (Å²) in [5.41, 5.74) is 1.48. The molecule has 19 heavy (non-hydrogen) atoms. The van der Waals surface area contributed by atoms with Gasteiger partial charge in [-0.15, -0.1) is 0 Å². The maximum absolute atomic E-state index is 12.0. The van der Waals surface area contributed by atoms with Gasteiger partial charge in [0.05, 0.1) is 18.5 Å². The molecule has 0 aromatic carbocycles. The van der Waals surface area contributed by atoms with E-state index < -0.39 is 5.97 Å². The van der Waals surface area contributed by atoms with Crippen molar-refractivity contribution in [3.05, 3.63) is 17.0 Å². The lowest BCUT2D eigenvalue weighted by molar-refractivity contribution is -0.137. The third kappa shape index (κ3) is 3.56. The lowest BCUT2D eigenvalue weighted by atomic mass is 10.1. The fraction of sp³-hybridized carbons (Fsp3) is 0.615. The third-order valence-electron chi connectivity index (χ3n) is 3.45. The third-order valence-corrected chi connectivity index (χ3v) is 3.45. The number of aryl methyl sites for hydroxylation is 2. The molecule has 1 atom stereocenters. The van der Waals surface area contributed by atoms with E-state index in [4.69, 9.17) is 9.63 Å².